The van der Waals surface area contributed by atoms with Crippen LogP contribution in [0.2, 0.25) is 0 Å². The van der Waals surface area contributed by atoms with E-state index in [1.807, 2.05) is 41.8 Å². The maximum absolute atomic E-state index is 13.1. The quantitative estimate of drug-likeness (QED) is 0.238. The number of nitrogens with zero attached hydrogens (tertiary/aromatic N) is 5. The first kappa shape index (κ1) is 22.2. The minimum Gasteiger partial charge on any atom is -0.347 e. The lowest BCUT2D eigenvalue weighted by Crippen LogP contribution is -2.24. The van der Waals surface area contributed by atoms with Gasteiger partial charge in [-0.2, -0.15) is 0 Å². The lowest BCUT2D eigenvalue weighted by atomic mass is 9.83. The molecule has 1 aliphatic heterocycles. The van der Waals surface area contributed by atoms with Gasteiger partial charge in [-0.3, -0.25) is 18.6 Å². The summed E-state index contributed by atoms with van der Waals surface area (Å²) in [5.41, 5.74) is 3.61. The molecular weight excluding hydrogens is 446 g/mol. The van der Waals surface area contributed by atoms with Gasteiger partial charge in [-0.1, -0.05) is 62.0 Å². The zero-order chi connectivity index (χ0) is 24.0. The minimum atomic E-state index is -0.260. The maximum atomic E-state index is 13.1. The van der Waals surface area contributed by atoms with Gasteiger partial charge in [-0.15, -0.1) is 16.8 Å². The van der Waals surface area contributed by atoms with Crippen molar-refractivity contribution in [1.29, 1.82) is 0 Å². The Balaban J connectivity index is 1.48. The topological polar surface area (TPSA) is 72.5 Å². The van der Waals surface area contributed by atoms with Crippen molar-refractivity contribution in [2.24, 2.45) is 0 Å². The predicted octanol–water partition coefficient (Wildman–Crippen LogP) is 4.20. The molecule has 34 heavy (non-hydrogen) atoms. The molecule has 2 aromatic heterocycles. The third-order valence-electron chi connectivity index (χ3n) is 6.37. The molecule has 5 rings (SSSR count). The fourth-order valence-electron chi connectivity index (χ4n) is 4.71. The Hall–Kier alpha value is -3.65. The van der Waals surface area contributed by atoms with Crippen molar-refractivity contribution in [1.82, 2.24) is 19.2 Å². The second-order valence-electron chi connectivity index (χ2n) is 8.83. The van der Waals surface area contributed by atoms with E-state index < -0.39 is 0 Å². The highest BCUT2D eigenvalue weighted by Crippen LogP contribution is 2.46. The summed E-state index contributed by atoms with van der Waals surface area (Å²) in [4.78, 5) is 28.1. The van der Waals surface area contributed by atoms with Crippen LogP contribution in [0.25, 0.3) is 16.7 Å². The van der Waals surface area contributed by atoms with Crippen molar-refractivity contribution in [3.63, 3.8) is 0 Å². The van der Waals surface area contributed by atoms with E-state index in [4.69, 9.17) is 0 Å². The van der Waals surface area contributed by atoms with Gasteiger partial charge in [-0.05, 0) is 23.8 Å². The SMILES string of the molecule is C=CCn1c(=O)c2ccccc2n2c(SCC(=O)/C=C3/N(C)c4ccccc4C3(C)C)nnc12. The summed E-state index contributed by atoms with van der Waals surface area (Å²) in [6, 6.07) is 15.6. The number of hydrogen-bond donors (Lipinski definition) is 0. The highest BCUT2D eigenvalue weighted by atomic mass is 32.2. The first-order valence-corrected chi connectivity index (χ1v) is 12.0. The average Bonchev–Trinajstić information content (AvgIpc) is 3.34. The summed E-state index contributed by atoms with van der Waals surface area (Å²) >= 11 is 1.32. The molecule has 0 radical (unpaired) electrons. The number of rotatable bonds is 6. The molecule has 0 aliphatic carbocycles. The van der Waals surface area contributed by atoms with Gasteiger partial charge in [0, 0.05) is 36.5 Å². The Morgan fingerprint density at radius 1 is 1.12 bits per heavy atom. The van der Waals surface area contributed by atoms with Gasteiger partial charge < -0.3 is 4.90 Å². The van der Waals surface area contributed by atoms with E-state index in [9.17, 15) is 9.59 Å². The second kappa shape index (κ2) is 8.29. The van der Waals surface area contributed by atoms with Crippen LogP contribution in [0.15, 0.2) is 82.9 Å². The maximum Gasteiger partial charge on any atom is 0.263 e. The van der Waals surface area contributed by atoms with Crippen LogP contribution in [0, 0.1) is 0 Å². The van der Waals surface area contributed by atoms with Crippen LogP contribution in [0.5, 0.6) is 0 Å². The van der Waals surface area contributed by atoms with Crippen molar-refractivity contribution >= 4 is 39.9 Å². The number of carbonyl (C=O) groups excluding carboxylic acids is 1. The van der Waals surface area contributed by atoms with E-state index in [1.54, 1.807) is 22.8 Å². The molecule has 0 fully saturated rings. The Morgan fingerprint density at radius 2 is 1.85 bits per heavy atom. The average molecular weight is 472 g/mol. The normalized spacial score (nSPS) is 15.9. The van der Waals surface area contributed by atoms with Crippen molar-refractivity contribution in [3.8, 4) is 0 Å². The van der Waals surface area contributed by atoms with Crippen LogP contribution in [0.4, 0.5) is 5.69 Å². The van der Waals surface area contributed by atoms with Crippen LogP contribution in [0.1, 0.15) is 19.4 Å². The smallest absolute Gasteiger partial charge is 0.263 e. The van der Waals surface area contributed by atoms with Gasteiger partial charge in [-0.25, -0.2) is 0 Å². The number of carbonyl (C=O) groups is 1. The van der Waals surface area contributed by atoms with E-state index >= 15 is 0 Å². The lowest BCUT2D eigenvalue weighted by Gasteiger charge is -2.23. The molecule has 172 valence electrons. The van der Waals surface area contributed by atoms with Crippen LogP contribution in [0.3, 0.4) is 0 Å². The van der Waals surface area contributed by atoms with Gasteiger partial charge in [0.25, 0.3) is 5.56 Å². The number of para-hydroxylation sites is 2. The first-order chi connectivity index (χ1) is 16.3. The van der Waals surface area contributed by atoms with Crippen molar-refractivity contribution in [2.75, 3.05) is 17.7 Å². The third-order valence-corrected chi connectivity index (χ3v) is 7.32. The number of aromatic nitrogens is 4. The molecule has 0 bridgehead atoms. The molecule has 0 N–H and O–H groups in total. The second-order valence-corrected chi connectivity index (χ2v) is 9.77. The van der Waals surface area contributed by atoms with Gasteiger partial charge in [0.15, 0.2) is 10.9 Å². The molecule has 8 heteroatoms. The van der Waals surface area contributed by atoms with E-state index in [0.29, 0.717) is 28.4 Å². The predicted molar refractivity (Wildman–Crippen MR) is 137 cm³/mol. The molecule has 0 spiro atoms. The fraction of sp³-hybridized carbons (Fsp3) is 0.231. The number of allylic oxidation sites excluding steroid dienone is 3. The zero-order valence-corrected chi connectivity index (χ0v) is 20.2. The summed E-state index contributed by atoms with van der Waals surface area (Å²) in [6.07, 6.45) is 3.40. The van der Waals surface area contributed by atoms with Gasteiger partial charge in [0.2, 0.25) is 5.78 Å². The Bertz CT molecular complexity index is 1550. The van der Waals surface area contributed by atoms with Crippen molar-refractivity contribution in [3.05, 3.63) is 88.9 Å². The zero-order valence-electron chi connectivity index (χ0n) is 19.4. The van der Waals surface area contributed by atoms with Crippen LogP contribution >= 0.6 is 11.8 Å². The molecule has 0 unspecified atom stereocenters. The van der Waals surface area contributed by atoms with Gasteiger partial charge in [0.05, 0.1) is 16.7 Å². The van der Waals surface area contributed by atoms with Crippen LogP contribution in [-0.4, -0.2) is 37.7 Å². The van der Waals surface area contributed by atoms with Gasteiger partial charge >= 0.3 is 0 Å². The lowest BCUT2D eigenvalue weighted by molar-refractivity contribution is -0.112. The number of benzene rings is 2. The van der Waals surface area contributed by atoms with Crippen molar-refractivity contribution < 1.29 is 4.79 Å². The summed E-state index contributed by atoms with van der Waals surface area (Å²) in [5.74, 6) is 0.636. The monoisotopic (exact) mass is 471 g/mol. The molecule has 0 atom stereocenters. The molecule has 3 heterocycles. The summed E-state index contributed by atoms with van der Waals surface area (Å²) in [5, 5.41) is 9.71. The highest BCUT2D eigenvalue weighted by molar-refractivity contribution is 7.99. The standard InChI is InChI=1S/C26H25N5O2S/c1-5-14-30-23(33)18-10-6-8-12-20(18)31-24(30)27-28-25(31)34-16-17(32)15-22-26(2,3)19-11-7-9-13-21(19)29(22)4/h5-13,15H,1,14,16H2,2-4H3/b22-15+. The van der Waals surface area contributed by atoms with E-state index in [-0.39, 0.29) is 22.5 Å². The molecule has 7 nitrogen and oxygen atoms in total. The number of ketones is 1. The highest BCUT2D eigenvalue weighted by Gasteiger charge is 2.38. The number of anilines is 1. The van der Waals surface area contributed by atoms with Crippen LogP contribution < -0.4 is 10.5 Å². The summed E-state index contributed by atoms with van der Waals surface area (Å²) in [7, 11) is 2.00. The first-order valence-electron chi connectivity index (χ1n) is 11.0. The molecule has 0 amide bonds. The number of hydrogen-bond acceptors (Lipinski definition) is 6. The largest absolute Gasteiger partial charge is 0.347 e. The number of thioether (sulfide) groups is 1. The Morgan fingerprint density at radius 3 is 2.62 bits per heavy atom. The van der Waals surface area contributed by atoms with Crippen LogP contribution in [-0.2, 0) is 16.8 Å². The third kappa shape index (κ3) is 3.37. The summed E-state index contributed by atoms with van der Waals surface area (Å²) in [6.45, 7) is 8.35. The Labute approximate surface area is 201 Å². The van der Waals surface area contributed by atoms with E-state index in [1.165, 1.54) is 17.3 Å². The van der Waals surface area contributed by atoms with Crippen molar-refractivity contribution in [2.45, 2.75) is 31.0 Å². The Kier molecular flexibility index (Phi) is 5.40. The molecule has 4 aromatic rings. The molecule has 2 aromatic carbocycles. The van der Waals surface area contributed by atoms with E-state index in [0.717, 1.165) is 11.4 Å². The minimum absolute atomic E-state index is 0.00630. The molecule has 0 saturated carbocycles. The molecular formula is C26H25N5O2S. The van der Waals surface area contributed by atoms with Gasteiger partial charge in [0.1, 0.15) is 0 Å². The number of likely N-dealkylation sites (N-methyl/N-ethyl adjacent to an activating group) is 1. The fourth-order valence-corrected chi connectivity index (χ4v) is 5.47. The summed E-state index contributed by atoms with van der Waals surface area (Å²) < 4.78 is 3.39. The van der Waals surface area contributed by atoms with E-state index in [2.05, 4.69) is 47.7 Å². The molecule has 0 saturated heterocycles. The molecule has 1 aliphatic rings. The number of fused-ring (bicyclic) bond motifs is 4.